The highest BCUT2D eigenvalue weighted by Crippen LogP contribution is 2.66. The fourth-order valence-corrected chi connectivity index (χ4v) is 9.95. The quantitative estimate of drug-likeness (QED) is 0.419. The highest BCUT2D eigenvalue weighted by molar-refractivity contribution is 5.95. The molecular weight excluding hydrogens is 551 g/mol. The summed E-state index contributed by atoms with van der Waals surface area (Å²) in [5, 5.41) is 17.5. The molecule has 0 aromatic carbocycles. The van der Waals surface area contributed by atoms with Crippen LogP contribution in [0.1, 0.15) is 71.6 Å². The first-order valence-electron chi connectivity index (χ1n) is 15.4. The number of nitrogens with one attached hydrogen (secondary N) is 3. The Kier molecular flexibility index (Phi) is 7.05. The minimum Gasteiger partial charge on any atom is -0.356 e. The molecule has 12 heteroatoms. The van der Waals surface area contributed by atoms with Crippen LogP contribution in [-0.4, -0.2) is 65.9 Å². The molecule has 2 aliphatic heterocycles. The molecule has 5 saturated carbocycles. The molecule has 9 nitrogen and oxygen atoms in total. The van der Waals surface area contributed by atoms with E-state index in [4.69, 9.17) is 0 Å². The third-order valence-electron chi connectivity index (χ3n) is 11.6. The summed E-state index contributed by atoms with van der Waals surface area (Å²) in [5.74, 6) is -3.10. The van der Waals surface area contributed by atoms with E-state index in [-0.39, 0.29) is 36.1 Å². The summed E-state index contributed by atoms with van der Waals surface area (Å²) in [6, 6.07) is -1.21. The van der Waals surface area contributed by atoms with Gasteiger partial charge in [-0.15, -0.1) is 0 Å². The normalized spacial score (nSPS) is 39.0. The first-order chi connectivity index (χ1) is 19.7. The number of rotatable bonds is 7. The topological polar surface area (TPSA) is 131 Å². The molecule has 230 valence electrons. The van der Waals surface area contributed by atoms with Crippen molar-refractivity contribution < 1.29 is 32.3 Å². The van der Waals surface area contributed by atoms with E-state index >= 15 is 0 Å². The molecule has 3 N–H and O–H groups in total. The molecule has 0 aromatic heterocycles. The van der Waals surface area contributed by atoms with E-state index in [9.17, 15) is 37.6 Å². The Morgan fingerprint density at radius 3 is 2.26 bits per heavy atom. The standard InChI is InChI=1S/C30H40F3N5O4/c1-28(2)20-14-38(22(21(20)28)25(40)36-19(13-34)9-18-4-3-5-35-24(18)39)26(41)23(37-27(42)30(31,32)33)29-10-15-6-16(11-29)8-17(7-15)12-29/h15-23H,3-12,14H2,1-2H3,(H,35,39)(H,36,40)(H,37,42)/t15?,16?,17?,18-,19-,20-,21-,22-,23?,29?/m0/s1. The summed E-state index contributed by atoms with van der Waals surface area (Å²) in [6.45, 7) is 4.79. The summed E-state index contributed by atoms with van der Waals surface area (Å²) in [7, 11) is 0. The van der Waals surface area contributed by atoms with Gasteiger partial charge in [-0.1, -0.05) is 13.8 Å². The van der Waals surface area contributed by atoms with Gasteiger partial charge in [0.2, 0.25) is 17.7 Å². The van der Waals surface area contributed by atoms with Gasteiger partial charge in [0.05, 0.1) is 6.07 Å². The predicted octanol–water partition coefficient (Wildman–Crippen LogP) is 2.66. The van der Waals surface area contributed by atoms with Crippen molar-refractivity contribution in [3.05, 3.63) is 0 Å². The number of fused-ring (bicyclic) bond motifs is 1. The van der Waals surface area contributed by atoms with Crippen LogP contribution in [0.4, 0.5) is 13.2 Å². The van der Waals surface area contributed by atoms with Gasteiger partial charge in [-0.05, 0) is 92.8 Å². The van der Waals surface area contributed by atoms with Crippen LogP contribution < -0.4 is 16.0 Å². The number of hydrogen-bond acceptors (Lipinski definition) is 5. The zero-order valence-corrected chi connectivity index (χ0v) is 24.1. The fraction of sp³-hybridized carbons (Fsp3) is 0.833. The smallest absolute Gasteiger partial charge is 0.356 e. The second-order valence-corrected chi connectivity index (χ2v) is 14.6. The lowest BCUT2D eigenvalue weighted by Gasteiger charge is -2.59. The molecule has 6 atom stereocenters. The second-order valence-electron chi connectivity index (χ2n) is 14.6. The molecule has 0 aromatic rings. The van der Waals surface area contributed by atoms with Gasteiger partial charge < -0.3 is 20.9 Å². The minimum absolute atomic E-state index is 0.0165. The molecule has 4 bridgehead atoms. The zero-order chi connectivity index (χ0) is 30.2. The van der Waals surface area contributed by atoms with Gasteiger partial charge in [0.1, 0.15) is 18.1 Å². The van der Waals surface area contributed by atoms with Crippen LogP contribution >= 0.6 is 0 Å². The van der Waals surface area contributed by atoms with Gasteiger partial charge in [0, 0.05) is 24.4 Å². The third-order valence-corrected chi connectivity index (χ3v) is 11.6. The van der Waals surface area contributed by atoms with E-state index in [1.54, 1.807) is 0 Å². The van der Waals surface area contributed by atoms with Crippen LogP contribution in [0.5, 0.6) is 0 Å². The highest BCUT2D eigenvalue weighted by atomic mass is 19.4. The van der Waals surface area contributed by atoms with E-state index in [2.05, 4.69) is 22.0 Å². The number of hydrogen-bond donors (Lipinski definition) is 3. The number of amides is 4. The van der Waals surface area contributed by atoms with Crippen molar-refractivity contribution in [2.24, 2.45) is 46.3 Å². The Balaban J connectivity index is 1.26. The largest absolute Gasteiger partial charge is 0.471 e. The molecule has 2 saturated heterocycles. The Hall–Kier alpha value is -2.84. The monoisotopic (exact) mass is 591 g/mol. The number of likely N-dealkylation sites (tertiary alicyclic amines) is 1. The number of carbonyl (C=O) groups is 4. The van der Waals surface area contributed by atoms with Crippen LogP contribution in [0.15, 0.2) is 0 Å². The van der Waals surface area contributed by atoms with Gasteiger partial charge >= 0.3 is 12.1 Å². The maximum atomic E-state index is 14.4. The van der Waals surface area contributed by atoms with Crippen molar-refractivity contribution in [1.29, 1.82) is 5.26 Å². The lowest BCUT2D eigenvalue weighted by atomic mass is 9.47. The average Bonchev–Trinajstić information content (AvgIpc) is 3.23. The molecule has 0 spiro atoms. The van der Waals surface area contributed by atoms with Crippen molar-refractivity contribution >= 4 is 23.6 Å². The Morgan fingerprint density at radius 2 is 1.71 bits per heavy atom. The van der Waals surface area contributed by atoms with E-state index < -0.39 is 53.4 Å². The van der Waals surface area contributed by atoms with Crippen molar-refractivity contribution in [2.45, 2.75) is 95.9 Å². The van der Waals surface area contributed by atoms with Gasteiger partial charge in [-0.3, -0.25) is 19.2 Å². The molecule has 2 heterocycles. The van der Waals surface area contributed by atoms with Gasteiger partial charge in [0.25, 0.3) is 0 Å². The number of nitriles is 1. The maximum absolute atomic E-state index is 14.4. The van der Waals surface area contributed by atoms with Crippen molar-refractivity contribution in [1.82, 2.24) is 20.9 Å². The van der Waals surface area contributed by atoms with E-state index in [1.165, 1.54) is 4.90 Å². The molecule has 5 aliphatic carbocycles. The third kappa shape index (κ3) is 4.94. The molecule has 1 unspecified atom stereocenters. The Labute approximate surface area is 243 Å². The van der Waals surface area contributed by atoms with Crippen molar-refractivity contribution in [3.63, 3.8) is 0 Å². The number of piperidine rings is 2. The minimum atomic E-state index is -5.14. The zero-order valence-electron chi connectivity index (χ0n) is 24.1. The number of nitrogens with zero attached hydrogens (tertiary/aromatic N) is 2. The summed E-state index contributed by atoms with van der Waals surface area (Å²) in [6.07, 6.45) is 1.20. The lowest BCUT2D eigenvalue weighted by Crippen LogP contribution is -2.65. The van der Waals surface area contributed by atoms with Crippen LogP contribution in [0.3, 0.4) is 0 Å². The van der Waals surface area contributed by atoms with E-state index in [0.29, 0.717) is 50.0 Å². The molecule has 0 radical (unpaired) electrons. The molecule has 42 heavy (non-hydrogen) atoms. The van der Waals surface area contributed by atoms with Gasteiger partial charge in [-0.2, -0.15) is 18.4 Å². The van der Waals surface area contributed by atoms with Crippen LogP contribution in [-0.2, 0) is 19.2 Å². The lowest BCUT2D eigenvalue weighted by molar-refractivity contribution is -0.179. The van der Waals surface area contributed by atoms with Crippen LogP contribution in [0, 0.1) is 57.7 Å². The second kappa shape index (κ2) is 10.1. The molecule has 7 fully saturated rings. The molecule has 7 aliphatic rings. The number of halogens is 3. The van der Waals surface area contributed by atoms with Crippen LogP contribution in [0.25, 0.3) is 0 Å². The summed E-state index contributed by atoms with van der Waals surface area (Å²) < 4.78 is 40.6. The van der Waals surface area contributed by atoms with Gasteiger partial charge in [-0.25, -0.2) is 0 Å². The number of alkyl halides is 3. The van der Waals surface area contributed by atoms with Crippen molar-refractivity contribution in [2.75, 3.05) is 13.1 Å². The van der Waals surface area contributed by atoms with Crippen LogP contribution in [0.2, 0.25) is 0 Å². The first-order valence-corrected chi connectivity index (χ1v) is 15.4. The summed E-state index contributed by atoms with van der Waals surface area (Å²) in [5.41, 5.74) is -1.02. The predicted molar refractivity (Wildman–Crippen MR) is 143 cm³/mol. The van der Waals surface area contributed by atoms with Crippen molar-refractivity contribution in [3.8, 4) is 6.07 Å². The number of carbonyl (C=O) groups excluding carboxylic acids is 4. The molecule has 4 amide bonds. The van der Waals surface area contributed by atoms with E-state index in [1.807, 2.05) is 13.8 Å². The molecular formula is C30H40F3N5O4. The fourth-order valence-electron chi connectivity index (χ4n) is 9.95. The molecule has 7 rings (SSSR count). The summed E-state index contributed by atoms with van der Waals surface area (Å²) in [4.78, 5) is 54.2. The SMILES string of the molecule is CC1(C)[C@@H]2[C@@H](C(=O)N[C@H](C#N)C[C@@H]3CCCNC3=O)N(C(=O)C(NC(=O)C(F)(F)F)C34CC5CC(CC(C5)C3)C4)C[C@@H]21. The Morgan fingerprint density at radius 1 is 1.10 bits per heavy atom. The van der Waals surface area contributed by atoms with Gasteiger partial charge in [0.15, 0.2) is 0 Å². The maximum Gasteiger partial charge on any atom is 0.471 e. The summed E-state index contributed by atoms with van der Waals surface area (Å²) >= 11 is 0. The first kappa shape index (κ1) is 29.2. The van der Waals surface area contributed by atoms with E-state index in [0.717, 1.165) is 25.7 Å². The Bertz CT molecular complexity index is 1180. The average molecular weight is 592 g/mol. The highest BCUT2D eigenvalue weighted by Gasteiger charge is 2.70.